The molecule has 10 heteroatoms. The van der Waals surface area contributed by atoms with Gasteiger partial charge in [-0.1, -0.05) is 46.7 Å². The zero-order valence-corrected chi connectivity index (χ0v) is 18.4. The number of oxime groups is 1. The van der Waals surface area contributed by atoms with Crippen molar-refractivity contribution in [1.82, 2.24) is 14.7 Å². The summed E-state index contributed by atoms with van der Waals surface area (Å²) in [6.07, 6.45) is -0.601. The summed E-state index contributed by atoms with van der Waals surface area (Å²) in [6.45, 7) is 7.52. The third kappa shape index (κ3) is 6.03. The first-order valence-corrected chi connectivity index (χ1v) is 10.0. The van der Waals surface area contributed by atoms with Crippen LogP contribution >= 0.6 is 0 Å². The van der Waals surface area contributed by atoms with E-state index in [0.29, 0.717) is 29.3 Å². The number of hydrogen-bond acceptors (Lipinski definition) is 8. The van der Waals surface area contributed by atoms with Gasteiger partial charge < -0.3 is 9.57 Å². The van der Waals surface area contributed by atoms with Crippen molar-refractivity contribution in [2.24, 2.45) is 5.16 Å². The highest BCUT2D eigenvalue weighted by Gasteiger charge is 2.19. The standard InChI is InChI=1S/C22H25N5O5/c1-5-27-19(26-32-21(27)29)18(15-10-7-6-8-11-15)25-30-14-16-12-9-13-17(23-16)24-20(28)31-22(2,3)4/h6-13H,5,14H2,1-4H3,(H,23,24,28)/b25-18-. The second-order valence-corrected chi connectivity index (χ2v) is 7.74. The van der Waals surface area contributed by atoms with E-state index >= 15 is 0 Å². The van der Waals surface area contributed by atoms with Crippen LogP contribution in [0.3, 0.4) is 0 Å². The first kappa shape index (κ1) is 22.7. The lowest BCUT2D eigenvalue weighted by atomic mass is 10.1. The summed E-state index contributed by atoms with van der Waals surface area (Å²) in [7, 11) is 0. The number of carbonyl (C=O) groups excluding carboxylic acids is 1. The smallest absolute Gasteiger partial charge is 0.441 e. The number of aromatic nitrogens is 3. The van der Waals surface area contributed by atoms with Crippen LogP contribution in [0.25, 0.3) is 0 Å². The van der Waals surface area contributed by atoms with E-state index in [-0.39, 0.29) is 12.4 Å². The molecule has 10 nitrogen and oxygen atoms in total. The number of hydrogen-bond donors (Lipinski definition) is 1. The van der Waals surface area contributed by atoms with Crippen LogP contribution in [0, 0.1) is 0 Å². The summed E-state index contributed by atoms with van der Waals surface area (Å²) in [5.74, 6) is 0.00894. The Balaban J connectivity index is 1.77. The number of ether oxygens (including phenoxy) is 1. The Morgan fingerprint density at radius 1 is 1.16 bits per heavy atom. The summed E-state index contributed by atoms with van der Waals surface area (Å²) in [6, 6.07) is 14.3. The van der Waals surface area contributed by atoms with Crippen molar-refractivity contribution in [3.8, 4) is 0 Å². The van der Waals surface area contributed by atoms with Gasteiger partial charge in [0, 0.05) is 12.1 Å². The minimum Gasteiger partial charge on any atom is -0.444 e. The molecule has 0 spiro atoms. The Morgan fingerprint density at radius 3 is 2.59 bits per heavy atom. The van der Waals surface area contributed by atoms with Crippen molar-refractivity contribution in [2.75, 3.05) is 5.32 Å². The van der Waals surface area contributed by atoms with E-state index < -0.39 is 17.5 Å². The monoisotopic (exact) mass is 439 g/mol. The van der Waals surface area contributed by atoms with Crippen LogP contribution in [0.4, 0.5) is 10.6 Å². The Hall–Kier alpha value is -3.95. The quantitative estimate of drug-likeness (QED) is 0.441. The summed E-state index contributed by atoms with van der Waals surface area (Å²) in [4.78, 5) is 33.7. The zero-order chi connectivity index (χ0) is 23.1. The number of anilines is 1. The van der Waals surface area contributed by atoms with Gasteiger partial charge in [0.05, 0.1) is 5.69 Å². The van der Waals surface area contributed by atoms with Gasteiger partial charge in [-0.3, -0.25) is 14.4 Å². The van der Waals surface area contributed by atoms with Crippen LogP contribution in [0.1, 0.15) is 44.8 Å². The highest BCUT2D eigenvalue weighted by molar-refractivity contribution is 6.10. The minimum absolute atomic E-state index is 0.0222. The molecule has 0 saturated carbocycles. The minimum atomic E-state index is -0.617. The summed E-state index contributed by atoms with van der Waals surface area (Å²) >= 11 is 0. The van der Waals surface area contributed by atoms with Crippen molar-refractivity contribution in [3.63, 3.8) is 0 Å². The molecule has 2 heterocycles. The summed E-state index contributed by atoms with van der Waals surface area (Å²) in [5.41, 5.74) is 0.966. The third-order valence-electron chi connectivity index (χ3n) is 4.07. The van der Waals surface area contributed by atoms with Gasteiger partial charge in [-0.05, 0) is 39.8 Å². The number of amides is 1. The second kappa shape index (κ2) is 9.90. The zero-order valence-electron chi connectivity index (χ0n) is 18.4. The van der Waals surface area contributed by atoms with Gasteiger partial charge in [0.2, 0.25) is 5.82 Å². The largest absolute Gasteiger partial charge is 0.444 e. The van der Waals surface area contributed by atoms with Crippen LogP contribution in [0.2, 0.25) is 0 Å². The molecule has 0 saturated heterocycles. The van der Waals surface area contributed by atoms with E-state index in [2.05, 4.69) is 20.6 Å². The molecule has 0 atom stereocenters. The van der Waals surface area contributed by atoms with Gasteiger partial charge in [-0.2, -0.15) is 0 Å². The van der Waals surface area contributed by atoms with Gasteiger partial charge in [0.25, 0.3) is 0 Å². The van der Waals surface area contributed by atoms with Gasteiger partial charge in [0.15, 0.2) is 12.3 Å². The molecule has 32 heavy (non-hydrogen) atoms. The molecule has 0 radical (unpaired) electrons. The van der Waals surface area contributed by atoms with Gasteiger partial charge in [-0.25, -0.2) is 14.6 Å². The van der Waals surface area contributed by atoms with Crippen LogP contribution in [0.5, 0.6) is 0 Å². The number of rotatable bonds is 7. The molecule has 1 N–H and O–H groups in total. The lowest BCUT2D eigenvalue weighted by Crippen LogP contribution is -2.27. The van der Waals surface area contributed by atoms with Crippen LogP contribution in [-0.4, -0.2) is 32.1 Å². The normalized spacial score (nSPS) is 11.8. The van der Waals surface area contributed by atoms with Crippen molar-refractivity contribution in [2.45, 2.75) is 46.4 Å². The second-order valence-electron chi connectivity index (χ2n) is 7.74. The fourth-order valence-corrected chi connectivity index (χ4v) is 2.74. The van der Waals surface area contributed by atoms with E-state index in [0.717, 1.165) is 0 Å². The Bertz CT molecular complexity index is 1150. The maximum atomic E-state index is 11.9. The van der Waals surface area contributed by atoms with E-state index in [1.807, 2.05) is 30.3 Å². The molecule has 168 valence electrons. The first-order valence-electron chi connectivity index (χ1n) is 10.0. The molecule has 0 fully saturated rings. The predicted octanol–water partition coefficient (Wildman–Crippen LogP) is 3.57. The molecule has 1 aromatic carbocycles. The molecule has 1 amide bonds. The topological polar surface area (TPSA) is 121 Å². The SMILES string of the molecule is CCn1c(/C(=N\OCc2cccc(NC(=O)OC(C)(C)C)n2)c2ccccc2)noc1=O. The molecule has 0 unspecified atom stereocenters. The lowest BCUT2D eigenvalue weighted by molar-refractivity contribution is 0.0635. The maximum Gasteiger partial charge on any atom is 0.441 e. The number of pyridine rings is 1. The first-order chi connectivity index (χ1) is 15.3. The fourth-order valence-electron chi connectivity index (χ4n) is 2.74. The highest BCUT2D eigenvalue weighted by atomic mass is 16.6. The molecular weight excluding hydrogens is 414 g/mol. The number of carbonyl (C=O) groups is 1. The van der Waals surface area contributed by atoms with Crippen LogP contribution in [-0.2, 0) is 22.7 Å². The van der Waals surface area contributed by atoms with Crippen molar-refractivity contribution >= 4 is 17.6 Å². The van der Waals surface area contributed by atoms with Crippen LogP contribution in [0.15, 0.2) is 63.0 Å². The molecular formula is C22H25N5O5. The predicted molar refractivity (Wildman–Crippen MR) is 117 cm³/mol. The number of nitrogens with one attached hydrogen (secondary N) is 1. The fraction of sp³-hybridized carbons (Fsp3) is 0.318. The summed E-state index contributed by atoms with van der Waals surface area (Å²) in [5, 5.41) is 10.6. The Kier molecular flexibility index (Phi) is 7.04. The molecule has 3 rings (SSSR count). The van der Waals surface area contributed by atoms with Gasteiger partial charge in [0.1, 0.15) is 11.4 Å². The lowest BCUT2D eigenvalue weighted by Gasteiger charge is -2.19. The maximum absolute atomic E-state index is 11.9. The average Bonchev–Trinajstić information content (AvgIpc) is 3.11. The Labute approximate surface area is 184 Å². The summed E-state index contributed by atoms with van der Waals surface area (Å²) < 4.78 is 11.4. The highest BCUT2D eigenvalue weighted by Crippen LogP contribution is 2.13. The molecule has 3 aromatic rings. The van der Waals surface area contributed by atoms with E-state index in [1.54, 1.807) is 45.9 Å². The van der Waals surface area contributed by atoms with Crippen molar-refractivity contribution in [1.29, 1.82) is 0 Å². The third-order valence-corrected chi connectivity index (χ3v) is 4.07. The molecule has 0 bridgehead atoms. The van der Waals surface area contributed by atoms with Crippen molar-refractivity contribution in [3.05, 3.63) is 76.2 Å². The number of nitrogens with zero attached hydrogens (tertiary/aromatic N) is 4. The molecule has 0 aliphatic carbocycles. The van der Waals surface area contributed by atoms with E-state index in [4.69, 9.17) is 14.1 Å². The molecule has 2 aromatic heterocycles. The van der Waals surface area contributed by atoms with Gasteiger partial charge in [-0.15, -0.1) is 0 Å². The molecule has 0 aliphatic heterocycles. The number of benzene rings is 1. The van der Waals surface area contributed by atoms with Crippen molar-refractivity contribution < 1.29 is 18.9 Å². The average molecular weight is 439 g/mol. The molecule has 0 aliphatic rings. The van der Waals surface area contributed by atoms with Crippen LogP contribution < -0.4 is 11.1 Å². The van der Waals surface area contributed by atoms with E-state index in [9.17, 15) is 9.59 Å². The Morgan fingerprint density at radius 2 is 1.91 bits per heavy atom. The van der Waals surface area contributed by atoms with E-state index in [1.165, 1.54) is 4.57 Å². The van der Waals surface area contributed by atoms with Gasteiger partial charge >= 0.3 is 11.8 Å².